The molecule has 26 heavy (non-hydrogen) atoms. The average Bonchev–Trinajstić information content (AvgIpc) is 3.05. The second-order valence-corrected chi connectivity index (χ2v) is 5.88. The van der Waals surface area contributed by atoms with Crippen molar-refractivity contribution in [2.45, 2.75) is 6.92 Å². The van der Waals surface area contributed by atoms with Crippen LogP contribution in [0.5, 0.6) is 0 Å². The zero-order valence-electron chi connectivity index (χ0n) is 13.9. The smallest absolute Gasteiger partial charge is 0.275 e. The SMILES string of the molecule is Cc1ccc2nc(-c3nc(C(=O)Nc4ccccc4)cnc3[NH])[nH]c2c1. The number of rotatable bonds is 3. The van der Waals surface area contributed by atoms with Crippen molar-refractivity contribution in [3.8, 4) is 11.5 Å². The molecule has 0 unspecified atom stereocenters. The lowest BCUT2D eigenvalue weighted by molar-refractivity contribution is 0.102. The highest BCUT2D eigenvalue weighted by atomic mass is 16.1. The van der Waals surface area contributed by atoms with Crippen LogP contribution in [0.4, 0.5) is 11.5 Å². The Kier molecular flexibility index (Phi) is 3.81. The second-order valence-electron chi connectivity index (χ2n) is 5.88. The first kappa shape index (κ1) is 15.8. The van der Waals surface area contributed by atoms with Crippen molar-refractivity contribution >= 4 is 28.4 Å². The summed E-state index contributed by atoms with van der Waals surface area (Å²) in [6.45, 7) is 1.99. The van der Waals surface area contributed by atoms with Crippen LogP contribution in [0.1, 0.15) is 16.1 Å². The van der Waals surface area contributed by atoms with Crippen molar-refractivity contribution in [3.05, 3.63) is 66.0 Å². The Hall–Kier alpha value is -3.74. The van der Waals surface area contributed by atoms with Gasteiger partial charge in [0.15, 0.2) is 17.3 Å². The molecule has 0 aliphatic rings. The van der Waals surface area contributed by atoms with E-state index in [1.165, 1.54) is 6.20 Å². The largest absolute Gasteiger partial charge is 0.337 e. The molecule has 2 aromatic heterocycles. The van der Waals surface area contributed by atoms with E-state index in [-0.39, 0.29) is 17.2 Å². The van der Waals surface area contributed by atoms with Crippen LogP contribution >= 0.6 is 0 Å². The molecule has 3 N–H and O–H groups in total. The molecule has 127 valence electrons. The lowest BCUT2D eigenvalue weighted by Crippen LogP contribution is -2.14. The maximum atomic E-state index is 12.4. The zero-order chi connectivity index (χ0) is 18.1. The second kappa shape index (κ2) is 6.29. The molecule has 7 nitrogen and oxygen atoms in total. The van der Waals surface area contributed by atoms with Gasteiger partial charge in [0.2, 0.25) is 0 Å². The summed E-state index contributed by atoms with van der Waals surface area (Å²) >= 11 is 0. The highest BCUT2D eigenvalue weighted by Gasteiger charge is 2.16. The molecule has 2 heterocycles. The van der Waals surface area contributed by atoms with Crippen LogP contribution in [-0.2, 0) is 0 Å². The van der Waals surface area contributed by atoms with Crippen molar-refractivity contribution in [1.82, 2.24) is 25.7 Å². The number of carbonyl (C=O) groups is 1. The van der Waals surface area contributed by atoms with Crippen molar-refractivity contribution < 1.29 is 4.79 Å². The van der Waals surface area contributed by atoms with Crippen LogP contribution < -0.4 is 11.1 Å². The maximum Gasteiger partial charge on any atom is 0.275 e. The Balaban J connectivity index is 1.70. The van der Waals surface area contributed by atoms with Crippen LogP contribution in [-0.4, -0.2) is 25.8 Å². The van der Waals surface area contributed by atoms with Gasteiger partial charge in [-0.25, -0.2) is 15.0 Å². The molecule has 1 amide bonds. The minimum absolute atomic E-state index is 0.0444. The fraction of sp³-hybridized carbons (Fsp3) is 0.0526. The molecule has 0 saturated heterocycles. The summed E-state index contributed by atoms with van der Waals surface area (Å²) in [6, 6.07) is 14.9. The number of nitrogens with zero attached hydrogens (tertiary/aromatic N) is 3. The van der Waals surface area contributed by atoms with Crippen molar-refractivity contribution in [1.29, 1.82) is 0 Å². The number of H-pyrrole nitrogens is 1. The topological polar surface area (TPSA) is 107 Å². The van der Waals surface area contributed by atoms with Crippen molar-refractivity contribution in [2.24, 2.45) is 0 Å². The number of hydrogen-bond acceptors (Lipinski definition) is 4. The summed E-state index contributed by atoms with van der Waals surface area (Å²) in [4.78, 5) is 28.3. The van der Waals surface area contributed by atoms with Crippen LogP contribution in [0.3, 0.4) is 0 Å². The van der Waals surface area contributed by atoms with Crippen LogP contribution in [0.15, 0.2) is 54.7 Å². The van der Waals surface area contributed by atoms with Gasteiger partial charge in [-0.15, -0.1) is 0 Å². The third kappa shape index (κ3) is 2.98. The molecule has 0 fully saturated rings. The van der Waals surface area contributed by atoms with Gasteiger partial charge in [0.1, 0.15) is 5.69 Å². The number of aromatic amines is 1. The lowest BCUT2D eigenvalue weighted by Gasteiger charge is -2.06. The minimum atomic E-state index is -0.392. The summed E-state index contributed by atoms with van der Waals surface area (Å²) in [5, 5.41) is 2.76. The van der Waals surface area contributed by atoms with Gasteiger partial charge in [-0.3, -0.25) is 10.5 Å². The van der Waals surface area contributed by atoms with Gasteiger partial charge in [0.05, 0.1) is 17.2 Å². The molecule has 0 saturated carbocycles. The van der Waals surface area contributed by atoms with Gasteiger partial charge < -0.3 is 10.3 Å². The summed E-state index contributed by atoms with van der Waals surface area (Å²) in [6.07, 6.45) is 1.29. The van der Waals surface area contributed by atoms with Gasteiger partial charge in [-0.2, -0.15) is 0 Å². The molecule has 0 aliphatic heterocycles. The van der Waals surface area contributed by atoms with E-state index in [0.717, 1.165) is 16.6 Å². The maximum absolute atomic E-state index is 12.4. The van der Waals surface area contributed by atoms with E-state index in [1.54, 1.807) is 12.1 Å². The molecule has 0 spiro atoms. The predicted octanol–water partition coefficient (Wildman–Crippen LogP) is 3.50. The standard InChI is InChI=1S/C19H15N6O/c1-11-7-8-13-14(9-11)25-18(24-13)16-17(20)21-10-15(23-16)19(26)22-12-5-3-2-4-6-12/h2-10,20H,1H3,(H,22,26)(H,24,25). The number of imidazole rings is 1. The van der Waals surface area contributed by atoms with Crippen LogP contribution in [0, 0.1) is 6.92 Å². The fourth-order valence-corrected chi connectivity index (χ4v) is 2.62. The molecular weight excluding hydrogens is 328 g/mol. The summed E-state index contributed by atoms with van der Waals surface area (Å²) in [7, 11) is 0. The Bertz CT molecular complexity index is 1100. The third-order valence-electron chi connectivity index (χ3n) is 3.90. The highest BCUT2D eigenvalue weighted by molar-refractivity contribution is 6.03. The Morgan fingerprint density at radius 1 is 1.12 bits per heavy atom. The Labute approximate surface area is 149 Å². The third-order valence-corrected chi connectivity index (χ3v) is 3.90. The number of benzene rings is 2. The zero-order valence-corrected chi connectivity index (χ0v) is 13.9. The quantitative estimate of drug-likeness (QED) is 0.593. The molecule has 0 atom stereocenters. The summed E-state index contributed by atoms with van der Waals surface area (Å²) in [5.41, 5.74) is 11.8. The van der Waals surface area contributed by atoms with E-state index in [2.05, 4.69) is 25.3 Å². The van der Waals surface area contributed by atoms with Gasteiger partial charge in [-0.1, -0.05) is 24.3 Å². The first-order chi connectivity index (χ1) is 12.6. The molecule has 7 heteroatoms. The molecule has 0 bridgehead atoms. The fourth-order valence-electron chi connectivity index (χ4n) is 2.62. The molecular formula is C19H15N6O. The van der Waals surface area contributed by atoms with Crippen molar-refractivity contribution in [2.75, 3.05) is 5.32 Å². The lowest BCUT2D eigenvalue weighted by atomic mass is 10.2. The summed E-state index contributed by atoms with van der Waals surface area (Å²) in [5.74, 6) is -0.0218. The normalized spacial score (nSPS) is 10.8. The minimum Gasteiger partial charge on any atom is -0.337 e. The van der Waals surface area contributed by atoms with E-state index in [9.17, 15) is 4.79 Å². The molecule has 0 aliphatic carbocycles. The predicted molar refractivity (Wildman–Crippen MR) is 99.0 cm³/mol. The molecule has 2 aromatic carbocycles. The van der Waals surface area contributed by atoms with Gasteiger partial charge >= 0.3 is 0 Å². The van der Waals surface area contributed by atoms with Gasteiger partial charge in [-0.05, 0) is 36.8 Å². The number of amides is 1. The van der Waals surface area contributed by atoms with Crippen molar-refractivity contribution in [3.63, 3.8) is 0 Å². The Morgan fingerprint density at radius 3 is 2.73 bits per heavy atom. The Morgan fingerprint density at radius 2 is 1.92 bits per heavy atom. The van der Waals surface area contributed by atoms with E-state index in [4.69, 9.17) is 5.73 Å². The van der Waals surface area contributed by atoms with Gasteiger partial charge in [0.25, 0.3) is 5.91 Å². The number of aryl methyl sites for hydroxylation is 1. The number of para-hydroxylation sites is 1. The highest BCUT2D eigenvalue weighted by Crippen LogP contribution is 2.24. The van der Waals surface area contributed by atoms with E-state index < -0.39 is 5.91 Å². The van der Waals surface area contributed by atoms with Crippen LogP contribution in [0.25, 0.3) is 22.6 Å². The molecule has 1 radical (unpaired) electrons. The average molecular weight is 343 g/mol. The van der Waals surface area contributed by atoms with Crippen LogP contribution in [0.2, 0.25) is 0 Å². The molecule has 4 rings (SSSR count). The summed E-state index contributed by atoms with van der Waals surface area (Å²) < 4.78 is 0. The number of anilines is 1. The van der Waals surface area contributed by atoms with E-state index >= 15 is 0 Å². The van der Waals surface area contributed by atoms with E-state index in [1.807, 2.05) is 43.3 Å². The first-order valence-corrected chi connectivity index (χ1v) is 8.02. The number of nitrogens with one attached hydrogen (secondary N) is 3. The van der Waals surface area contributed by atoms with Gasteiger partial charge in [0, 0.05) is 5.69 Å². The number of carbonyl (C=O) groups excluding carboxylic acids is 1. The van der Waals surface area contributed by atoms with E-state index in [0.29, 0.717) is 11.5 Å². The molecule has 4 aromatic rings. The number of aromatic nitrogens is 4. The number of hydrogen-bond donors (Lipinski definition) is 2. The monoisotopic (exact) mass is 343 g/mol. The number of fused-ring (bicyclic) bond motifs is 1. The first-order valence-electron chi connectivity index (χ1n) is 8.02.